The molecule has 0 bridgehead atoms. The summed E-state index contributed by atoms with van der Waals surface area (Å²) in [7, 11) is 1.66. The molecule has 0 spiro atoms. The van der Waals surface area contributed by atoms with Crippen LogP contribution in [-0.2, 0) is 24.0 Å². The molecule has 25 heavy (non-hydrogen) atoms. The SMILES string of the molecule is CCC1CCc2nc(N)c(C#N)c(-c3cnc(CCOC)nc3)c2C1. The summed E-state index contributed by atoms with van der Waals surface area (Å²) in [6.45, 7) is 2.79. The average molecular weight is 337 g/mol. The summed E-state index contributed by atoms with van der Waals surface area (Å²) in [5.74, 6) is 1.64. The van der Waals surface area contributed by atoms with Gasteiger partial charge in [-0.1, -0.05) is 13.3 Å². The zero-order chi connectivity index (χ0) is 17.8. The Balaban J connectivity index is 2.08. The fraction of sp³-hybridized carbons (Fsp3) is 0.474. The van der Waals surface area contributed by atoms with Crippen molar-refractivity contribution in [3.63, 3.8) is 0 Å². The number of ether oxygens (including phenoxy) is 1. The van der Waals surface area contributed by atoms with E-state index < -0.39 is 0 Å². The zero-order valence-electron chi connectivity index (χ0n) is 14.7. The summed E-state index contributed by atoms with van der Waals surface area (Å²) in [6.07, 6.45) is 8.30. The van der Waals surface area contributed by atoms with Crippen LogP contribution in [0.15, 0.2) is 12.4 Å². The first-order chi connectivity index (χ1) is 12.2. The van der Waals surface area contributed by atoms with E-state index in [4.69, 9.17) is 10.5 Å². The molecule has 0 radical (unpaired) electrons. The molecule has 2 N–H and O–H groups in total. The summed E-state index contributed by atoms with van der Waals surface area (Å²) < 4.78 is 5.06. The lowest BCUT2D eigenvalue weighted by Gasteiger charge is -2.26. The Kier molecular flexibility index (Phi) is 5.25. The van der Waals surface area contributed by atoms with Crippen LogP contribution in [0, 0.1) is 17.2 Å². The Morgan fingerprint density at radius 1 is 1.36 bits per heavy atom. The number of nitrogen functional groups attached to an aromatic ring is 1. The highest BCUT2D eigenvalue weighted by Gasteiger charge is 2.26. The number of fused-ring (bicyclic) bond motifs is 1. The van der Waals surface area contributed by atoms with E-state index in [1.54, 1.807) is 19.5 Å². The smallest absolute Gasteiger partial charge is 0.142 e. The van der Waals surface area contributed by atoms with Gasteiger partial charge in [0.05, 0.1) is 6.61 Å². The van der Waals surface area contributed by atoms with Gasteiger partial charge in [0.2, 0.25) is 0 Å². The molecule has 0 saturated heterocycles. The molecule has 1 aliphatic rings. The number of nitriles is 1. The minimum Gasteiger partial charge on any atom is -0.384 e. The number of anilines is 1. The summed E-state index contributed by atoms with van der Waals surface area (Å²) >= 11 is 0. The molecule has 6 heteroatoms. The number of rotatable bonds is 5. The Morgan fingerprint density at radius 3 is 2.76 bits per heavy atom. The van der Waals surface area contributed by atoms with Crippen LogP contribution in [0.25, 0.3) is 11.1 Å². The Morgan fingerprint density at radius 2 is 2.12 bits per heavy atom. The van der Waals surface area contributed by atoms with Crippen LogP contribution in [0.1, 0.15) is 42.4 Å². The molecule has 130 valence electrons. The largest absolute Gasteiger partial charge is 0.384 e. The highest BCUT2D eigenvalue weighted by atomic mass is 16.5. The fourth-order valence-electron chi connectivity index (χ4n) is 3.44. The minimum absolute atomic E-state index is 0.301. The van der Waals surface area contributed by atoms with Crippen molar-refractivity contribution < 1.29 is 4.74 Å². The van der Waals surface area contributed by atoms with Crippen molar-refractivity contribution in [2.45, 2.75) is 39.0 Å². The third kappa shape index (κ3) is 3.47. The van der Waals surface area contributed by atoms with Gasteiger partial charge < -0.3 is 10.5 Å². The molecular weight excluding hydrogens is 314 g/mol. The van der Waals surface area contributed by atoms with E-state index in [2.05, 4.69) is 27.9 Å². The molecule has 1 aliphatic carbocycles. The average Bonchev–Trinajstić information content (AvgIpc) is 2.65. The van der Waals surface area contributed by atoms with Gasteiger partial charge in [-0.25, -0.2) is 15.0 Å². The summed E-state index contributed by atoms with van der Waals surface area (Å²) in [6, 6.07) is 2.23. The van der Waals surface area contributed by atoms with Gasteiger partial charge in [0.15, 0.2) is 0 Å². The topological polar surface area (TPSA) is 97.7 Å². The van der Waals surface area contributed by atoms with Crippen molar-refractivity contribution in [2.75, 3.05) is 19.5 Å². The van der Waals surface area contributed by atoms with Gasteiger partial charge in [-0.2, -0.15) is 5.26 Å². The second kappa shape index (κ2) is 7.58. The van der Waals surface area contributed by atoms with Crippen molar-refractivity contribution in [3.8, 4) is 17.2 Å². The maximum atomic E-state index is 9.63. The van der Waals surface area contributed by atoms with E-state index in [1.807, 2.05) is 0 Å². The Hall–Kier alpha value is -2.52. The number of hydrogen-bond donors (Lipinski definition) is 1. The standard InChI is InChI=1S/C19H23N5O/c1-3-12-4-5-16-14(8-12)18(15(9-20)19(21)24-16)13-10-22-17(23-11-13)6-7-25-2/h10-12H,3-8H2,1-2H3,(H2,21,24). The number of aromatic nitrogens is 3. The monoisotopic (exact) mass is 337 g/mol. The zero-order valence-corrected chi connectivity index (χ0v) is 14.7. The molecule has 0 amide bonds. The lowest BCUT2D eigenvalue weighted by atomic mass is 9.80. The van der Waals surface area contributed by atoms with Gasteiger partial charge >= 0.3 is 0 Å². The first kappa shape index (κ1) is 17.3. The normalized spacial score (nSPS) is 16.3. The second-order valence-electron chi connectivity index (χ2n) is 6.43. The van der Waals surface area contributed by atoms with E-state index in [9.17, 15) is 5.26 Å². The number of aryl methyl sites for hydroxylation is 1. The van der Waals surface area contributed by atoms with E-state index in [-0.39, 0.29) is 0 Å². The van der Waals surface area contributed by atoms with Gasteiger partial charge in [-0.05, 0) is 30.7 Å². The number of nitrogens with two attached hydrogens (primary N) is 1. The number of hydrogen-bond acceptors (Lipinski definition) is 6. The van der Waals surface area contributed by atoms with Crippen LogP contribution in [0.2, 0.25) is 0 Å². The number of nitrogens with zero attached hydrogens (tertiary/aromatic N) is 4. The Labute approximate surface area is 148 Å². The first-order valence-electron chi connectivity index (χ1n) is 8.69. The van der Waals surface area contributed by atoms with E-state index in [0.29, 0.717) is 30.3 Å². The molecule has 0 aliphatic heterocycles. The van der Waals surface area contributed by atoms with Gasteiger partial charge in [0.1, 0.15) is 23.3 Å². The highest BCUT2D eigenvalue weighted by Crippen LogP contribution is 2.37. The third-order valence-electron chi connectivity index (χ3n) is 4.91. The van der Waals surface area contributed by atoms with Crippen molar-refractivity contribution in [2.24, 2.45) is 5.92 Å². The van der Waals surface area contributed by atoms with Crippen LogP contribution in [0.3, 0.4) is 0 Å². The molecule has 3 rings (SSSR count). The maximum absolute atomic E-state index is 9.63. The van der Waals surface area contributed by atoms with Crippen LogP contribution in [0.4, 0.5) is 5.82 Å². The molecule has 1 atom stereocenters. The predicted octanol–water partition coefficient (Wildman–Crippen LogP) is 2.70. The molecule has 2 heterocycles. The van der Waals surface area contributed by atoms with E-state index >= 15 is 0 Å². The van der Waals surface area contributed by atoms with Crippen LogP contribution in [0.5, 0.6) is 0 Å². The van der Waals surface area contributed by atoms with Crippen LogP contribution < -0.4 is 5.73 Å². The predicted molar refractivity (Wildman–Crippen MR) is 95.8 cm³/mol. The van der Waals surface area contributed by atoms with Crippen LogP contribution in [-0.4, -0.2) is 28.7 Å². The molecule has 2 aromatic heterocycles. The van der Waals surface area contributed by atoms with Gasteiger partial charge in [-0.3, -0.25) is 0 Å². The lowest BCUT2D eigenvalue weighted by molar-refractivity contribution is 0.200. The van der Waals surface area contributed by atoms with Gasteiger partial charge in [0, 0.05) is 42.7 Å². The summed E-state index contributed by atoms with van der Waals surface area (Å²) in [5, 5.41) is 9.63. The first-order valence-corrected chi connectivity index (χ1v) is 8.69. The summed E-state index contributed by atoms with van der Waals surface area (Å²) in [5.41, 5.74) is 10.3. The van der Waals surface area contributed by atoms with Gasteiger partial charge in [-0.15, -0.1) is 0 Å². The quantitative estimate of drug-likeness (QED) is 0.901. The minimum atomic E-state index is 0.301. The van der Waals surface area contributed by atoms with E-state index in [0.717, 1.165) is 53.9 Å². The molecule has 2 aromatic rings. The van der Waals surface area contributed by atoms with Crippen molar-refractivity contribution in [1.82, 2.24) is 15.0 Å². The molecular formula is C19H23N5O. The summed E-state index contributed by atoms with van der Waals surface area (Å²) in [4.78, 5) is 13.3. The lowest BCUT2D eigenvalue weighted by Crippen LogP contribution is -2.18. The van der Waals surface area contributed by atoms with Crippen molar-refractivity contribution >= 4 is 5.82 Å². The maximum Gasteiger partial charge on any atom is 0.142 e. The Bertz CT molecular complexity index is 795. The number of methoxy groups -OCH3 is 1. The van der Waals surface area contributed by atoms with Crippen molar-refractivity contribution in [3.05, 3.63) is 35.0 Å². The van der Waals surface area contributed by atoms with Gasteiger partial charge in [0.25, 0.3) is 0 Å². The molecule has 6 nitrogen and oxygen atoms in total. The fourth-order valence-corrected chi connectivity index (χ4v) is 3.44. The molecule has 1 unspecified atom stereocenters. The molecule has 0 saturated carbocycles. The highest BCUT2D eigenvalue weighted by molar-refractivity contribution is 5.78. The van der Waals surface area contributed by atoms with Crippen molar-refractivity contribution in [1.29, 1.82) is 5.26 Å². The third-order valence-corrected chi connectivity index (χ3v) is 4.91. The second-order valence-corrected chi connectivity index (χ2v) is 6.43. The molecule has 0 fully saturated rings. The van der Waals surface area contributed by atoms with Crippen LogP contribution >= 0.6 is 0 Å². The molecule has 0 aromatic carbocycles. The number of pyridine rings is 1. The van der Waals surface area contributed by atoms with E-state index in [1.165, 1.54) is 0 Å².